The quantitative estimate of drug-likeness (QED) is 0.649. The Morgan fingerprint density at radius 1 is 1.08 bits per heavy atom. The molecule has 0 saturated heterocycles. The van der Waals surface area contributed by atoms with Gasteiger partial charge in [0.15, 0.2) is 11.5 Å². The van der Waals surface area contributed by atoms with Crippen LogP contribution in [0.25, 0.3) is 0 Å². The minimum absolute atomic E-state index is 0.00403. The number of methoxy groups -OCH3 is 2. The fraction of sp³-hybridized carbons (Fsp3) is 0.300. The largest absolute Gasteiger partial charge is 0.493 e. The van der Waals surface area contributed by atoms with Gasteiger partial charge in [-0.25, -0.2) is 5.43 Å². The molecule has 0 aliphatic heterocycles. The van der Waals surface area contributed by atoms with Gasteiger partial charge in [-0.3, -0.25) is 4.79 Å². The Morgan fingerprint density at radius 3 is 2.48 bits per heavy atom. The van der Waals surface area contributed by atoms with Crippen LogP contribution in [-0.4, -0.2) is 25.8 Å². The Balaban J connectivity index is 1.63. The maximum Gasteiger partial charge on any atom is 0.243 e. The third kappa shape index (κ3) is 3.82. The van der Waals surface area contributed by atoms with Gasteiger partial charge in [-0.1, -0.05) is 30.3 Å². The predicted molar refractivity (Wildman–Crippen MR) is 97.2 cm³/mol. The van der Waals surface area contributed by atoms with Gasteiger partial charge in [-0.05, 0) is 43.0 Å². The first kappa shape index (κ1) is 17.0. The van der Waals surface area contributed by atoms with E-state index in [-0.39, 0.29) is 11.8 Å². The van der Waals surface area contributed by atoms with Crippen molar-refractivity contribution in [2.75, 3.05) is 14.2 Å². The molecular weight excluding hydrogens is 316 g/mol. The molecule has 1 amide bonds. The lowest BCUT2D eigenvalue weighted by Crippen LogP contribution is -2.21. The van der Waals surface area contributed by atoms with Crippen LogP contribution in [0.2, 0.25) is 0 Å². The van der Waals surface area contributed by atoms with Crippen LogP contribution in [0.15, 0.2) is 53.6 Å². The summed E-state index contributed by atoms with van der Waals surface area (Å²) in [7, 11) is 3.18. The van der Waals surface area contributed by atoms with Crippen LogP contribution in [-0.2, 0) is 4.79 Å². The number of carbonyl (C=O) groups is 1. The molecule has 1 aliphatic rings. The number of hydrogen-bond donors (Lipinski definition) is 1. The SMILES string of the molecule is COc1ccc(/C(C)=N/NC(=O)C2CC2c2ccccc2)cc1OC. The zero-order chi connectivity index (χ0) is 17.8. The van der Waals surface area contributed by atoms with Crippen LogP contribution in [0, 0.1) is 5.92 Å². The molecule has 1 saturated carbocycles. The van der Waals surface area contributed by atoms with Crippen molar-refractivity contribution >= 4 is 11.6 Å². The lowest BCUT2D eigenvalue weighted by Gasteiger charge is -2.09. The topological polar surface area (TPSA) is 59.9 Å². The summed E-state index contributed by atoms with van der Waals surface area (Å²) in [5, 5.41) is 4.24. The summed E-state index contributed by atoms with van der Waals surface area (Å²) in [5.41, 5.74) is 5.48. The van der Waals surface area contributed by atoms with Gasteiger partial charge in [-0.15, -0.1) is 0 Å². The Morgan fingerprint density at radius 2 is 1.80 bits per heavy atom. The van der Waals surface area contributed by atoms with Gasteiger partial charge in [-0.2, -0.15) is 5.10 Å². The molecule has 0 spiro atoms. The van der Waals surface area contributed by atoms with Crippen LogP contribution in [0.3, 0.4) is 0 Å². The molecule has 2 atom stereocenters. The number of nitrogens with zero attached hydrogens (tertiary/aromatic N) is 1. The first-order chi connectivity index (χ1) is 12.1. The van der Waals surface area contributed by atoms with Crippen molar-refractivity contribution in [3.63, 3.8) is 0 Å². The van der Waals surface area contributed by atoms with Crippen molar-refractivity contribution in [3.8, 4) is 11.5 Å². The van der Waals surface area contributed by atoms with E-state index in [9.17, 15) is 4.79 Å². The smallest absolute Gasteiger partial charge is 0.243 e. The number of benzene rings is 2. The van der Waals surface area contributed by atoms with E-state index >= 15 is 0 Å². The normalized spacial score (nSPS) is 19.2. The lowest BCUT2D eigenvalue weighted by atomic mass is 10.1. The highest BCUT2D eigenvalue weighted by atomic mass is 16.5. The van der Waals surface area contributed by atoms with Crippen molar-refractivity contribution in [1.82, 2.24) is 5.43 Å². The first-order valence-corrected chi connectivity index (χ1v) is 8.25. The molecule has 130 valence electrons. The second kappa shape index (κ2) is 7.38. The van der Waals surface area contributed by atoms with Gasteiger partial charge in [0.2, 0.25) is 5.91 Å². The highest BCUT2D eigenvalue weighted by Gasteiger charge is 2.43. The average molecular weight is 338 g/mol. The summed E-state index contributed by atoms with van der Waals surface area (Å²) in [6, 6.07) is 15.7. The molecule has 0 radical (unpaired) electrons. The van der Waals surface area contributed by atoms with Crippen molar-refractivity contribution < 1.29 is 14.3 Å². The van der Waals surface area contributed by atoms with E-state index in [1.807, 2.05) is 43.3 Å². The van der Waals surface area contributed by atoms with Crippen LogP contribution in [0.1, 0.15) is 30.4 Å². The molecule has 2 aromatic carbocycles. The van der Waals surface area contributed by atoms with E-state index in [4.69, 9.17) is 9.47 Å². The van der Waals surface area contributed by atoms with Crippen molar-refractivity contribution in [2.24, 2.45) is 11.0 Å². The second-order valence-electron chi connectivity index (χ2n) is 6.10. The number of hydrazone groups is 1. The zero-order valence-electron chi connectivity index (χ0n) is 14.7. The Labute approximate surface area is 147 Å². The summed E-state index contributed by atoms with van der Waals surface area (Å²) in [6.45, 7) is 1.85. The van der Waals surface area contributed by atoms with E-state index in [1.165, 1.54) is 5.56 Å². The van der Waals surface area contributed by atoms with E-state index < -0.39 is 0 Å². The van der Waals surface area contributed by atoms with Gasteiger partial charge in [0, 0.05) is 11.5 Å². The van der Waals surface area contributed by atoms with E-state index in [2.05, 4.69) is 22.7 Å². The van der Waals surface area contributed by atoms with Crippen molar-refractivity contribution in [1.29, 1.82) is 0 Å². The molecule has 1 N–H and O–H groups in total. The second-order valence-corrected chi connectivity index (χ2v) is 6.10. The molecular formula is C20H22N2O3. The molecule has 3 rings (SSSR count). The molecule has 1 aliphatic carbocycles. The molecule has 5 nitrogen and oxygen atoms in total. The molecule has 25 heavy (non-hydrogen) atoms. The number of carbonyl (C=O) groups excluding carboxylic acids is 1. The maximum atomic E-state index is 12.3. The maximum absolute atomic E-state index is 12.3. The molecule has 0 bridgehead atoms. The lowest BCUT2D eigenvalue weighted by molar-refractivity contribution is -0.122. The van der Waals surface area contributed by atoms with Crippen molar-refractivity contribution in [3.05, 3.63) is 59.7 Å². The molecule has 2 unspecified atom stereocenters. The summed E-state index contributed by atoms with van der Waals surface area (Å²) in [4.78, 5) is 12.3. The van der Waals surface area contributed by atoms with E-state index in [0.717, 1.165) is 12.0 Å². The summed E-state index contributed by atoms with van der Waals surface area (Å²) in [6.07, 6.45) is 0.876. The number of rotatable bonds is 6. The highest BCUT2D eigenvalue weighted by molar-refractivity contribution is 6.00. The van der Waals surface area contributed by atoms with E-state index in [0.29, 0.717) is 23.1 Å². The highest BCUT2D eigenvalue weighted by Crippen LogP contribution is 2.47. The van der Waals surface area contributed by atoms with Gasteiger partial charge in [0.05, 0.1) is 19.9 Å². The average Bonchev–Trinajstić information content (AvgIpc) is 3.47. The van der Waals surface area contributed by atoms with Gasteiger partial charge in [0.25, 0.3) is 0 Å². The third-order valence-corrected chi connectivity index (χ3v) is 4.49. The number of hydrogen-bond acceptors (Lipinski definition) is 4. The molecule has 2 aromatic rings. The van der Waals surface area contributed by atoms with Gasteiger partial charge < -0.3 is 9.47 Å². The van der Waals surface area contributed by atoms with Crippen LogP contribution < -0.4 is 14.9 Å². The summed E-state index contributed by atoms with van der Waals surface area (Å²) >= 11 is 0. The Hall–Kier alpha value is -2.82. The molecule has 0 heterocycles. The summed E-state index contributed by atoms with van der Waals surface area (Å²) in [5.74, 6) is 1.56. The molecule has 5 heteroatoms. The number of nitrogens with one attached hydrogen (secondary N) is 1. The zero-order valence-corrected chi connectivity index (χ0v) is 14.7. The number of ether oxygens (including phenoxy) is 2. The minimum Gasteiger partial charge on any atom is -0.493 e. The van der Waals surface area contributed by atoms with Crippen LogP contribution >= 0.6 is 0 Å². The van der Waals surface area contributed by atoms with Gasteiger partial charge >= 0.3 is 0 Å². The Kier molecular flexibility index (Phi) is 5.03. The Bertz CT molecular complexity index is 787. The van der Waals surface area contributed by atoms with Gasteiger partial charge in [0.1, 0.15) is 0 Å². The fourth-order valence-electron chi connectivity index (χ4n) is 2.90. The van der Waals surface area contributed by atoms with E-state index in [1.54, 1.807) is 14.2 Å². The standard InChI is InChI=1S/C20H22N2O3/c1-13(15-9-10-18(24-2)19(11-15)25-3)21-22-20(23)17-12-16(17)14-7-5-4-6-8-14/h4-11,16-17H,12H2,1-3H3,(H,22,23)/b21-13+. The van der Waals surface area contributed by atoms with Crippen LogP contribution in [0.5, 0.6) is 11.5 Å². The minimum atomic E-state index is -0.0336. The molecule has 0 aromatic heterocycles. The van der Waals surface area contributed by atoms with Crippen molar-refractivity contribution in [2.45, 2.75) is 19.3 Å². The fourth-order valence-corrected chi connectivity index (χ4v) is 2.90. The first-order valence-electron chi connectivity index (χ1n) is 8.25. The van der Waals surface area contributed by atoms with Crippen LogP contribution in [0.4, 0.5) is 0 Å². The predicted octanol–water partition coefficient (Wildman–Crippen LogP) is 3.35. The third-order valence-electron chi connectivity index (χ3n) is 4.49. The summed E-state index contributed by atoms with van der Waals surface area (Å²) < 4.78 is 10.5. The number of amides is 1. The monoisotopic (exact) mass is 338 g/mol. The molecule has 1 fully saturated rings.